The van der Waals surface area contributed by atoms with E-state index < -0.39 is 0 Å². The Kier molecular flexibility index (Phi) is 4.53. The first-order valence-electron chi connectivity index (χ1n) is 6.20. The third-order valence-electron chi connectivity index (χ3n) is 2.81. The number of nitrogens with one attached hydrogen (secondary N) is 3. The largest absolute Gasteiger partial charge is 0.331 e. The third kappa shape index (κ3) is 3.93. The van der Waals surface area contributed by atoms with Crippen LogP contribution in [0, 0.1) is 19.7 Å². The highest BCUT2D eigenvalue weighted by atomic mass is 32.1. The van der Waals surface area contributed by atoms with Crippen molar-refractivity contribution in [3.63, 3.8) is 0 Å². The second kappa shape index (κ2) is 6.34. The molecule has 5 heteroatoms. The molecule has 0 aromatic heterocycles. The SMILES string of the molecule is Cc1ccc(C)c(NC(=S)NNc2ccc(F)cc2)c1. The number of hydrazine groups is 1. The van der Waals surface area contributed by atoms with Crippen molar-refractivity contribution in [2.24, 2.45) is 0 Å². The van der Waals surface area contributed by atoms with E-state index in [1.54, 1.807) is 12.1 Å². The first-order valence-corrected chi connectivity index (χ1v) is 6.61. The van der Waals surface area contributed by atoms with Crippen LogP contribution in [0.4, 0.5) is 15.8 Å². The van der Waals surface area contributed by atoms with Crippen LogP contribution < -0.4 is 16.2 Å². The van der Waals surface area contributed by atoms with Gasteiger partial charge in [-0.2, -0.15) is 0 Å². The van der Waals surface area contributed by atoms with Crippen molar-refractivity contribution in [3.8, 4) is 0 Å². The summed E-state index contributed by atoms with van der Waals surface area (Å²) in [6, 6.07) is 12.1. The fourth-order valence-electron chi connectivity index (χ4n) is 1.69. The van der Waals surface area contributed by atoms with E-state index in [2.05, 4.69) is 16.2 Å². The van der Waals surface area contributed by atoms with E-state index in [0.29, 0.717) is 5.11 Å². The molecule has 0 radical (unpaired) electrons. The van der Waals surface area contributed by atoms with Crippen LogP contribution in [0.5, 0.6) is 0 Å². The summed E-state index contributed by atoms with van der Waals surface area (Å²) in [6.07, 6.45) is 0. The molecule has 0 aliphatic heterocycles. The second-order valence-electron chi connectivity index (χ2n) is 4.53. The molecule has 0 heterocycles. The number of rotatable bonds is 3. The molecule has 3 nitrogen and oxygen atoms in total. The van der Waals surface area contributed by atoms with E-state index in [1.165, 1.54) is 12.1 Å². The maximum atomic E-state index is 12.8. The van der Waals surface area contributed by atoms with E-state index in [4.69, 9.17) is 12.2 Å². The van der Waals surface area contributed by atoms with E-state index in [9.17, 15) is 4.39 Å². The van der Waals surface area contributed by atoms with Crippen LogP contribution in [-0.4, -0.2) is 5.11 Å². The maximum absolute atomic E-state index is 12.8. The number of anilines is 2. The Morgan fingerprint density at radius 3 is 2.45 bits per heavy atom. The Bertz CT molecular complexity index is 611. The predicted molar refractivity (Wildman–Crippen MR) is 85.3 cm³/mol. The summed E-state index contributed by atoms with van der Waals surface area (Å²) in [5.74, 6) is -0.272. The molecule has 2 aromatic carbocycles. The third-order valence-corrected chi connectivity index (χ3v) is 3.01. The molecule has 2 aromatic rings. The Labute approximate surface area is 123 Å². The lowest BCUT2D eigenvalue weighted by Crippen LogP contribution is -2.33. The quantitative estimate of drug-likeness (QED) is 0.594. The number of thiocarbonyl (C=S) groups is 1. The van der Waals surface area contributed by atoms with Crippen LogP contribution in [0.25, 0.3) is 0 Å². The van der Waals surface area contributed by atoms with E-state index in [0.717, 1.165) is 22.5 Å². The molecular weight excluding hydrogens is 273 g/mol. The molecule has 0 saturated carbocycles. The summed E-state index contributed by atoms with van der Waals surface area (Å²) in [5.41, 5.74) is 9.73. The summed E-state index contributed by atoms with van der Waals surface area (Å²) in [6.45, 7) is 4.04. The highest BCUT2D eigenvalue weighted by Gasteiger charge is 2.01. The van der Waals surface area contributed by atoms with Gasteiger partial charge in [0.25, 0.3) is 0 Å². The minimum Gasteiger partial charge on any atom is -0.331 e. The Balaban J connectivity index is 1.92. The topological polar surface area (TPSA) is 36.1 Å². The van der Waals surface area contributed by atoms with Gasteiger partial charge < -0.3 is 5.32 Å². The Hall–Kier alpha value is -2.14. The van der Waals surface area contributed by atoms with Gasteiger partial charge in [-0.3, -0.25) is 10.9 Å². The van der Waals surface area contributed by atoms with E-state index >= 15 is 0 Å². The smallest absolute Gasteiger partial charge is 0.189 e. The molecule has 0 amide bonds. The monoisotopic (exact) mass is 289 g/mol. The molecule has 20 heavy (non-hydrogen) atoms. The van der Waals surface area contributed by atoms with Gasteiger partial charge in [-0.1, -0.05) is 12.1 Å². The van der Waals surface area contributed by atoms with E-state index in [-0.39, 0.29) is 5.82 Å². The predicted octanol–water partition coefficient (Wildman–Crippen LogP) is 3.76. The molecule has 3 N–H and O–H groups in total. The maximum Gasteiger partial charge on any atom is 0.189 e. The van der Waals surface area contributed by atoms with Crippen molar-refractivity contribution in [2.75, 3.05) is 10.7 Å². The number of aryl methyl sites for hydroxylation is 2. The molecule has 2 rings (SSSR count). The van der Waals surface area contributed by atoms with Gasteiger partial charge in [0.1, 0.15) is 5.82 Å². The fraction of sp³-hybridized carbons (Fsp3) is 0.133. The van der Waals surface area contributed by atoms with Crippen LogP contribution in [0.15, 0.2) is 42.5 Å². The average molecular weight is 289 g/mol. The molecule has 0 bridgehead atoms. The molecule has 0 fully saturated rings. The lowest BCUT2D eigenvalue weighted by atomic mass is 10.1. The normalized spacial score (nSPS) is 9.95. The average Bonchev–Trinajstić information content (AvgIpc) is 2.42. The van der Waals surface area contributed by atoms with Crippen LogP contribution in [0.2, 0.25) is 0 Å². The van der Waals surface area contributed by atoms with Crippen molar-refractivity contribution in [1.82, 2.24) is 5.43 Å². The van der Waals surface area contributed by atoms with Gasteiger partial charge >= 0.3 is 0 Å². The minimum absolute atomic E-state index is 0.272. The highest BCUT2D eigenvalue weighted by molar-refractivity contribution is 7.80. The molecule has 0 saturated heterocycles. The van der Waals surface area contributed by atoms with Crippen LogP contribution >= 0.6 is 12.2 Å². The highest BCUT2D eigenvalue weighted by Crippen LogP contribution is 2.16. The van der Waals surface area contributed by atoms with Crippen LogP contribution in [0.1, 0.15) is 11.1 Å². The standard InChI is InChI=1S/C15H16FN3S/c1-10-3-4-11(2)14(9-10)17-15(20)19-18-13-7-5-12(16)6-8-13/h3-9,18H,1-2H3,(H2,17,19,20). The summed E-state index contributed by atoms with van der Waals surface area (Å²) in [7, 11) is 0. The molecule has 0 aliphatic carbocycles. The first kappa shape index (κ1) is 14.3. The van der Waals surface area contributed by atoms with Crippen molar-refractivity contribution in [1.29, 1.82) is 0 Å². The summed E-state index contributed by atoms with van der Waals surface area (Å²) >= 11 is 5.21. The zero-order chi connectivity index (χ0) is 14.5. The van der Waals surface area contributed by atoms with Gasteiger partial charge in [0.05, 0.1) is 5.69 Å². The minimum atomic E-state index is -0.272. The Morgan fingerprint density at radius 2 is 1.75 bits per heavy atom. The molecule has 104 valence electrons. The number of halogens is 1. The van der Waals surface area contributed by atoms with Crippen molar-refractivity contribution < 1.29 is 4.39 Å². The van der Waals surface area contributed by atoms with Crippen molar-refractivity contribution >= 4 is 28.7 Å². The number of hydrogen-bond acceptors (Lipinski definition) is 2. The number of hydrogen-bond donors (Lipinski definition) is 3. The summed E-state index contributed by atoms with van der Waals surface area (Å²) < 4.78 is 12.8. The fourth-order valence-corrected chi connectivity index (χ4v) is 1.85. The van der Waals surface area contributed by atoms with Crippen LogP contribution in [0.3, 0.4) is 0 Å². The van der Waals surface area contributed by atoms with Crippen LogP contribution in [-0.2, 0) is 0 Å². The summed E-state index contributed by atoms with van der Waals surface area (Å²) in [4.78, 5) is 0. The van der Waals surface area contributed by atoms with Gasteiger partial charge in [0.2, 0.25) is 0 Å². The van der Waals surface area contributed by atoms with Gasteiger partial charge in [0.15, 0.2) is 5.11 Å². The molecule has 0 unspecified atom stereocenters. The van der Waals surface area contributed by atoms with Gasteiger partial charge in [-0.05, 0) is 67.5 Å². The van der Waals surface area contributed by atoms with Gasteiger partial charge in [-0.25, -0.2) is 4.39 Å². The summed E-state index contributed by atoms with van der Waals surface area (Å²) in [5, 5.41) is 3.56. The number of benzene rings is 2. The Morgan fingerprint density at radius 1 is 1.05 bits per heavy atom. The van der Waals surface area contributed by atoms with Gasteiger partial charge in [0, 0.05) is 5.69 Å². The zero-order valence-corrected chi connectivity index (χ0v) is 12.1. The molecule has 0 atom stereocenters. The molecule has 0 spiro atoms. The molecule has 0 aliphatic rings. The molecular formula is C15H16FN3S. The zero-order valence-electron chi connectivity index (χ0n) is 11.3. The first-order chi connectivity index (χ1) is 9.54. The second-order valence-corrected chi connectivity index (χ2v) is 4.94. The lowest BCUT2D eigenvalue weighted by Gasteiger charge is -2.14. The van der Waals surface area contributed by atoms with Crippen molar-refractivity contribution in [3.05, 3.63) is 59.4 Å². The lowest BCUT2D eigenvalue weighted by molar-refractivity contribution is 0.628. The van der Waals surface area contributed by atoms with Crippen molar-refractivity contribution in [2.45, 2.75) is 13.8 Å². The van der Waals surface area contributed by atoms with E-state index in [1.807, 2.05) is 32.0 Å². The van der Waals surface area contributed by atoms with Gasteiger partial charge in [-0.15, -0.1) is 0 Å².